The highest BCUT2D eigenvalue weighted by Gasteiger charge is 2.15. The number of aliphatic carboxylic acids is 1. The van der Waals surface area contributed by atoms with Crippen LogP contribution in [0.25, 0.3) is 0 Å². The summed E-state index contributed by atoms with van der Waals surface area (Å²) in [5.41, 5.74) is 0.0815. The van der Waals surface area contributed by atoms with Gasteiger partial charge < -0.3 is 5.11 Å². The number of carboxylic acid groups (broad SMARTS) is 1. The van der Waals surface area contributed by atoms with Crippen LogP contribution in [0.1, 0.15) is 19.8 Å². The molecule has 0 unspecified atom stereocenters. The molecule has 1 aromatic rings. The molecular weight excluding hydrogens is 302 g/mol. The van der Waals surface area contributed by atoms with E-state index in [1.807, 2.05) is 4.83 Å². The standard InChI is InChI=1S/C11H13N3O6S/c1-8(2-7-11(15)16)12-13-21(19,20)10-5-3-9(4-6-10)14(17)18/h3-6,13H,2,7H2,1H3,(H,15,16)/b12-8+. The van der Waals surface area contributed by atoms with Gasteiger partial charge >= 0.3 is 5.97 Å². The van der Waals surface area contributed by atoms with Crippen LogP contribution in [0.3, 0.4) is 0 Å². The Morgan fingerprint density at radius 3 is 2.38 bits per heavy atom. The number of nitrogens with zero attached hydrogens (tertiary/aromatic N) is 2. The molecule has 1 aromatic carbocycles. The van der Waals surface area contributed by atoms with Gasteiger partial charge in [-0.15, -0.1) is 0 Å². The third-order valence-electron chi connectivity index (χ3n) is 2.42. The summed E-state index contributed by atoms with van der Waals surface area (Å²) in [6.07, 6.45) is -0.0489. The molecule has 1 rings (SSSR count). The van der Waals surface area contributed by atoms with Crippen molar-refractivity contribution in [3.63, 3.8) is 0 Å². The number of non-ortho nitro benzene ring substituents is 1. The van der Waals surface area contributed by atoms with Crippen molar-refractivity contribution >= 4 is 27.4 Å². The largest absolute Gasteiger partial charge is 0.481 e. The van der Waals surface area contributed by atoms with Gasteiger partial charge in [0.2, 0.25) is 0 Å². The van der Waals surface area contributed by atoms with E-state index in [1.54, 1.807) is 0 Å². The molecule has 0 atom stereocenters. The van der Waals surface area contributed by atoms with Crippen LogP contribution in [0, 0.1) is 10.1 Å². The average Bonchev–Trinajstić information content (AvgIpc) is 2.43. The highest BCUT2D eigenvalue weighted by Crippen LogP contribution is 2.15. The van der Waals surface area contributed by atoms with Crippen molar-refractivity contribution in [1.82, 2.24) is 4.83 Å². The monoisotopic (exact) mass is 315 g/mol. The molecule has 114 valence electrons. The summed E-state index contributed by atoms with van der Waals surface area (Å²) in [5.74, 6) is -1.01. The van der Waals surface area contributed by atoms with Gasteiger partial charge in [-0.1, -0.05) is 0 Å². The first-order valence-corrected chi connectivity index (χ1v) is 7.22. The highest BCUT2D eigenvalue weighted by molar-refractivity contribution is 7.89. The van der Waals surface area contributed by atoms with Crippen LogP contribution in [-0.2, 0) is 14.8 Å². The Morgan fingerprint density at radius 1 is 1.33 bits per heavy atom. The number of carboxylic acids is 1. The second kappa shape index (κ2) is 6.79. The molecule has 0 heterocycles. The number of nitro groups is 1. The Hall–Kier alpha value is -2.49. The molecule has 0 saturated carbocycles. The fourth-order valence-corrected chi connectivity index (χ4v) is 2.16. The van der Waals surface area contributed by atoms with Crippen molar-refractivity contribution in [2.75, 3.05) is 0 Å². The molecule has 0 saturated heterocycles. The first-order chi connectivity index (χ1) is 9.72. The summed E-state index contributed by atoms with van der Waals surface area (Å²) in [7, 11) is -3.94. The molecule has 0 spiro atoms. The lowest BCUT2D eigenvalue weighted by Crippen LogP contribution is -2.19. The van der Waals surface area contributed by atoms with E-state index in [-0.39, 0.29) is 23.4 Å². The van der Waals surface area contributed by atoms with Gasteiger partial charge in [0.05, 0.1) is 16.2 Å². The molecule has 0 aliphatic carbocycles. The summed E-state index contributed by atoms with van der Waals surface area (Å²) in [6.45, 7) is 1.49. The molecule has 0 radical (unpaired) electrons. The lowest BCUT2D eigenvalue weighted by Gasteiger charge is -2.04. The van der Waals surface area contributed by atoms with Crippen LogP contribution in [0.4, 0.5) is 5.69 Å². The normalized spacial score (nSPS) is 12.0. The number of nitrogens with one attached hydrogen (secondary N) is 1. The Bertz CT molecular complexity index is 666. The molecule has 0 aliphatic rings. The average molecular weight is 315 g/mol. The maximum Gasteiger partial charge on any atom is 0.303 e. The van der Waals surface area contributed by atoms with E-state index in [2.05, 4.69) is 5.10 Å². The van der Waals surface area contributed by atoms with Crippen LogP contribution in [0.15, 0.2) is 34.3 Å². The van der Waals surface area contributed by atoms with Gasteiger partial charge in [-0.2, -0.15) is 13.5 Å². The van der Waals surface area contributed by atoms with Gasteiger partial charge in [0.25, 0.3) is 15.7 Å². The van der Waals surface area contributed by atoms with E-state index in [0.717, 1.165) is 24.3 Å². The molecule has 10 heteroatoms. The van der Waals surface area contributed by atoms with E-state index in [0.29, 0.717) is 5.71 Å². The van der Waals surface area contributed by atoms with Gasteiger partial charge in [0, 0.05) is 17.8 Å². The smallest absolute Gasteiger partial charge is 0.303 e. The number of benzene rings is 1. The lowest BCUT2D eigenvalue weighted by atomic mass is 10.2. The Balaban J connectivity index is 2.79. The Kier molecular flexibility index (Phi) is 5.36. The first kappa shape index (κ1) is 16.6. The quantitative estimate of drug-likeness (QED) is 0.439. The molecule has 0 bridgehead atoms. The molecular formula is C11H13N3O6S. The molecule has 21 heavy (non-hydrogen) atoms. The number of carbonyl (C=O) groups is 1. The van der Waals surface area contributed by atoms with E-state index >= 15 is 0 Å². The summed E-state index contributed by atoms with van der Waals surface area (Å²) in [4.78, 5) is 22.0. The van der Waals surface area contributed by atoms with E-state index in [1.165, 1.54) is 6.92 Å². The Morgan fingerprint density at radius 2 is 1.90 bits per heavy atom. The van der Waals surface area contributed by atoms with E-state index in [9.17, 15) is 23.3 Å². The zero-order chi connectivity index (χ0) is 16.0. The van der Waals surface area contributed by atoms with Crippen LogP contribution in [0.5, 0.6) is 0 Å². The molecule has 0 fully saturated rings. The summed E-state index contributed by atoms with van der Waals surface area (Å²) in [6, 6.07) is 4.30. The predicted molar refractivity (Wildman–Crippen MR) is 73.4 cm³/mol. The van der Waals surface area contributed by atoms with Crippen LogP contribution in [-0.4, -0.2) is 30.1 Å². The van der Waals surface area contributed by atoms with Crippen molar-refractivity contribution < 1.29 is 23.2 Å². The minimum absolute atomic E-state index is 0.109. The van der Waals surface area contributed by atoms with Crippen LogP contribution < -0.4 is 4.83 Å². The molecule has 0 aromatic heterocycles. The summed E-state index contributed by atoms with van der Waals surface area (Å²) in [5, 5.41) is 22.5. The maximum atomic E-state index is 11.9. The Labute approximate surface area is 120 Å². The van der Waals surface area contributed by atoms with Crippen molar-refractivity contribution in [2.45, 2.75) is 24.7 Å². The summed E-state index contributed by atoms with van der Waals surface area (Å²) >= 11 is 0. The SMILES string of the molecule is C/C(CCC(=O)O)=N\NS(=O)(=O)c1ccc([N+](=O)[O-])cc1. The molecule has 0 amide bonds. The second-order valence-corrected chi connectivity index (χ2v) is 5.75. The number of nitro benzene ring substituents is 1. The van der Waals surface area contributed by atoms with Crippen molar-refractivity contribution in [2.24, 2.45) is 5.10 Å². The number of hydrogen-bond acceptors (Lipinski definition) is 6. The van der Waals surface area contributed by atoms with Gasteiger partial charge in [-0.3, -0.25) is 14.9 Å². The van der Waals surface area contributed by atoms with Crippen LogP contribution in [0.2, 0.25) is 0 Å². The molecule has 9 nitrogen and oxygen atoms in total. The van der Waals surface area contributed by atoms with Gasteiger partial charge in [0.15, 0.2) is 0 Å². The number of sulfonamides is 1. The maximum absolute atomic E-state index is 11.9. The van der Waals surface area contributed by atoms with Crippen molar-refractivity contribution in [3.8, 4) is 0 Å². The highest BCUT2D eigenvalue weighted by atomic mass is 32.2. The van der Waals surface area contributed by atoms with Crippen molar-refractivity contribution in [1.29, 1.82) is 0 Å². The zero-order valence-electron chi connectivity index (χ0n) is 11.0. The third-order valence-corrected chi connectivity index (χ3v) is 3.64. The summed E-state index contributed by atoms with van der Waals surface area (Å²) < 4.78 is 23.7. The predicted octanol–water partition coefficient (Wildman–Crippen LogP) is 1.11. The van der Waals surface area contributed by atoms with Gasteiger partial charge in [-0.25, -0.2) is 4.83 Å². The minimum Gasteiger partial charge on any atom is -0.481 e. The minimum atomic E-state index is -3.94. The first-order valence-electron chi connectivity index (χ1n) is 5.73. The van der Waals surface area contributed by atoms with Crippen LogP contribution >= 0.6 is 0 Å². The number of hydrazone groups is 1. The zero-order valence-corrected chi connectivity index (χ0v) is 11.8. The van der Waals surface area contributed by atoms with E-state index in [4.69, 9.17) is 5.11 Å². The molecule has 2 N–H and O–H groups in total. The number of rotatable bonds is 7. The fourth-order valence-electron chi connectivity index (χ4n) is 1.28. The number of hydrogen-bond donors (Lipinski definition) is 2. The van der Waals surface area contributed by atoms with Gasteiger partial charge in [0.1, 0.15) is 0 Å². The third kappa shape index (κ3) is 5.18. The lowest BCUT2D eigenvalue weighted by molar-refractivity contribution is -0.384. The fraction of sp³-hybridized carbons (Fsp3) is 0.273. The second-order valence-electron chi connectivity index (χ2n) is 4.09. The van der Waals surface area contributed by atoms with Gasteiger partial charge in [-0.05, 0) is 25.5 Å². The van der Waals surface area contributed by atoms with Crippen molar-refractivity contribution in [3.05, 3.63) is 34.4 Å². The topological polar surface area (TPSA) is 139 Å². The van der Waals surface area contributed by atoms with E-state index < -0.39 is 20.9 Å². The molecule has 0 aliphatic heterocycles.